The summed E-state index contributed by atoms with van der Waals surface area (Å²) in [5.74, 6) is 0. The number of aliphatic hydroxyl groups excluding tert-OH is 1. The van der Waals surface area contributed by atoms with Gasteiger partial charge in [-0.15, -0.1) is 0 Å². The summed E-state index contributed by atoms with van der Waals surface area (Å²) >= 11 is 0. The Morgan fingerprint density at radius 3 is 2.66 bits per heavy atom. The summed E-state index contributed by atoms with van der Waals surface area (Å²) in [4.78, 5) is 18.1. The van der Waals surface area contributed by atoms with E-state index in [1.165, 1.54) is 12.1 Å². The SMILES string of the molecule is O=[N+]([O-])c1cnc2[nH]ccc2c1N(C1CCCC(O)C1)S(=O)(=O)c1ccccc1. The lowest BCUT2D eigenvalue weighted by molar-refractivity contribution is -0.384. The van der Waals surface area contributed by atoms with Crippen LogP contribution in [0.2, 0.25) is 0 Å². The minimum Gasteiger partial charge on any atom is -0.393 e. The number of pyridine rings is 1. The second-order valence-electron chi connectivity index (χ2n) is 7.08. The maximum atomic E-state index is 13.7. The summed E-state index contributed by atoms with van der Waals surface area (Å²) in [7, 11) is -4.13. The van der Waals surface area contributed by atoms with E-state index in [-0.39, 0.29) is 17.0 Å². The Labute approximate surface area is 167 Å². The smallest absolute Gasteiger partial charge is 0.312 e. The zero-order valence-electron chi connectivity index (χ0n) is 15.4. The highest BCUT2D eigenvalue weighted by Gasteiger charge is 2.39. The topological polar surface area (TPSA) is 129 Å². The van der Waals surface area contributed by atoms with Gasteiger partial charge in [0.25, 0.3) is 10.0 Å². The number of aliphatic hydroxyl groups is 1. The summed E-state index contributed by atoms with van der Waals surface area (Å²) in [6.45, 7) is 0. The van der Waals surface area contributed by atoms with Gasteiger partial charge in [0, 0.05) is 12.2 Å². The van der Waals surface area contributed by atoms with Gasteiger partial charge in [-0.05, 0) is 43.9 Å². The van der Waals surface area contributed by atoms with E-state index < -0.39 is 32.8 Å². The summed E-state index contributed by atoms with van der Waals surface area (Å²) in [5.41, 5.74) is -0.0592. The van der Waals surface area contributed by atoms with Crippen LogP contribution in [0, 0.1) is 10.1 Å². The van der Waals surface area contributed by atoms with Crippen molar-refractivity contribution in [1.29, 1.82) is 0 Å². The van der Waals surface area contributed by atoms with Crippen molar-refractivity contribution in [3.8, 4) is 0 Å². The molecule has 2 N–H and O–H groups in total. The summed E-state index contributed by atoms with van der Waals surface area (Å²) < 4.78 is 28.5. The van der Waals surface area contributed by atoms with Gasteiger partial charge in [-0.1, -0.05) is 18.2 Å². The zero-order chi connectivity index (χ0) is 20.6. The molecule has 2 unspecified atom stereocenters. The second-order valence-corrected chi connectivity index (χ2v) is 8.89. The van der Waals surface area contributed by atoms with E-state index in [4.69, 9.17) is 0 Å². The number of aromatic amines is 1. The molecule has 1 aromatic carbocycles. The fraction of sp³-hybridized carbons (Fsp3) is 0.316. The molecule has 10 heteroatoms. The van der Waals surface area contributed by atoms with Gasteiger partial charge in [0.15, 0.2) is 0 Å². The molecular weight excluding hydrogens is 396 g/mol. The van der Waals surface area contributed by atoms with E-state index in [2.05, 4.69) is 9.97 Å². The van der Waals surface area contributed by atoms with Crippen LogP contribution in [0.3, 0.4) is 0 Å². The van der Waals surface area contributed by atoms with Gasteiger partial charge in [0.2, 0.25) is 0 Å². The van der Waals surface area contributed by atoms with E-state index in [1.54, 1.807) is 30.5 Å². The van der Waals surface area contributed by atoms with Gasteiger partial charge in [0.1, 0.15) is 17.5 Å². The largest absolute Gasteiger partial charge is 0.393 e. The van der Waals surface area contributed by atoms with Crippen molar-refractivity contribution in [2.24, 2.45) is 0 Å². The lowest BCUT2D eigenvalue weighted by Crippen LogP contribution is -2.44. The lowest BCUT2D eigenvalue weighted by Gasteiger charge is -2.36. The van der Waals surface area contributed by atoms with Crippen molar-refractivity contribution >= 4 is 32.4 Å². The number of hydrogen-bond donors (Lipinski definition) is 2. The first kappa shape index (κ1) is 19.3. The van der Waals surface area contributed by atoms with E-state index in [9.17, 15) is 23.6 Å². The molecule has 152 valence electrons. The van der Waals surface area contributed by atoms with Gasteiger partial charge in [-0.3, -0.25) is 14.4 Å². The van der Waals surface area contributed by atoms with Crippen molar-refractivity contribution in [2.45, 2.75) is 42.7 Å². The van der Waals surface area contributed by atoms with Crippen LogP contribution < -0.4 is 4.31 Å². The maximum Gasteiger partial charge on any atom is 0.312 e. The van der Waals surface area contributed by atoms with E-state index >= 15 is 0 Å². The molecule has 9 nitrogen and oxygen atoms in total. The molecule has 0 bridgehead atoms. The fourth-order valence-corrected chi connectivity index (χ4v) is 5.65. The molecule has 1 aliphatic rings. The average molecular weight is 416 g/mol. The molecular formula is C19H20N4O5S. The molecule has 1 aliphatic carbocycles. The number of H-pyrrole nitrogens is 1. The van der Waals surface area contributed by atoms with Crippen LogP contribution in [0.25, 0.3) is 11.0 Å². The van der Waals surface area contributed by atoms with Crippen molar-refractivity contribution in [2.75, 3.05) is 4.31 Å². The van der Waals surface area contributed by atoms with Crippen LogP contribution in [-0.4, -0.2) is 40.6 Å². The second kappa shape index (κ2) is 7.45. The number of benzene rings is 1. The summed E-state index contributed by atoms with van der Waals surface area (Å²) in [6, 6.07) is 8.81. The molecule has 0 amide bonds. The van der Waals surface area contributed by atoms with Gasteiger partial charge >= 0.3 is 5.69 Å². The number of anilines is 1. The third-order valence-corrected chi connectivity index (χ3v) is 7.07. The van der Waals surface area contributed by atoms with E-state index in [1.807, 2.05) is 0 Å². The molecule has 4 rings (SSSR count). The standard InChI is InChI=1S/C19H20N4O5S/c24-14-6-4-5-13(11-14)22(29(27,28)15-7-2-1-3-8-15)18-16-9-10-20-19(16)21-12-17(18)23(25)26/h1-3,7-10,12-14,24H,4-6,11H2,(H,20,21). The number of sulfonamides is 1. The minimum atomic E-state index is -4.13. The molecule has 0 spiro atoms. The predicted octanol–water partition coefficient (Wildman–Crippen LogP) is 2.97. The van der Waals surface area contributed by atoms with Crippen LogP contribution >= 0.6 is 0 Å². The number of nitrogens with one attached hydrogen (secondary N) is 1. The third-order valence-electron chi connectivity index (χ3n) is 5.21. The highest BCUT2D eigenvalue weighted by molar-refractivity contribution is 7.92. The molecule has 3 aromatic rings. The molecule has 0 aliphatic heterocycles. The van der Waals surface area contributed by atoms with Gasteiger partial charge in [0.05, 0.1) is 21.3 Å². The molecule has 1 saturated carbocycles. The zero-order valence-corrected chi connectivity index (χ0v) is 16.2. The van der Waals surface area contributed by atoms with Crippen LogP contribution in [0.5, 0.6) is 0 Å². The first-order valence-electron chi connectivity index (χ1n) is 9.27. The maximum absolute atomic E-state index is 13.7. The van der Waals surface area contributed by atoms with Crippen molar-refractivity contribution in [1.82, 2.24) is 9.97 Å². The highest BCUT2D eigenvalue weighted by atomic mass is 32.2. The van der Waals surface area contributed by atoms with Crippen LogP contribution in [-0.2, 0) is 10.0 Å². The summed E-state index contributed by atoms with van der Waals surface area (Å²) in [5, 5.41) is 22.3. The Morgan fingerprint density at radius 2 is 1.97 bits per heavy atom. The van der Waals surface area contributed by atoms with Gasteiger partial charge in [-0.25, -0.2) is 13.4 Å². The fourth-order valence-electron chi connectivity index (χ4n) is 3.91. The van der Waals surface area contributed by atoms with Crippen molar-refractivity contribution in [3.63, 3.8) is 0 Å². The lowest BCUT2D eigenvalue weighted by atomic mass is 9.92. The quantitative estimate of drug-likeness (QED) is 0.486. The van der Waals surface area contributed by atoms with Gasteiger partial charge in [-0.2, -0.15) is 0 Å². The monoisotopic (exact) mass is 416 g/mol. The number of nitro groups is 1. The Morgan fingerprint density at radius 1 is 1.21 bits per heavy atom. The molecule has 1 fully saturated rings. The number of fused-ring (bicyclic) bond motifs is 1. The Balaban J connectivity index is 1.99. The molecule has 2 heterocycles. The number of nitrogens with zero attached hydrogens (tertiary/aromatic N) is 3. The molecule has 0 saturated heterocycles. The molecule has 29 heavy (non-hydrogen) atoms. The Bertz CT molecular complexity index is 1150. The van der Waals surface area contributed by atoms with Crippen molar-refractivity contribution < 1.29 is 18.4 Å². The summed E-state index contributed by atoms with van der Waals surface area (Å²) in [6.07, 6.45) is 3.88. The normalized spacial score (nSPS) is 19.9. The molecule has 0 radical (unpaired) electrons. The number of rotatable bonds is 5. The molecule has 2 aromatic heterocycles. The highest BCUT2D eigenvalue weighted by Crippen LogP contribution is 2.41. The number of aromatic nitrogens is 2. The number of hydrogen-bond acceptors (Lipinski definition) is 6. The first-order chi connectivity index (χ1) is 13.9. The average Bonchev–Trinajstić information content (AvgIpc) is 3.18. The first-order valence-corrected chi connectivity index (χ1v) is 10.7. The van der Waals surface area contributed by atoms with E-state index in [0.717, 1.165) is 10.5 Å². The van der Waals surface area contributed by atoms with Crippen molar-refractivity contribution in [3.05, 3.63) is 58.9 Å². The third kappa shape index (κ3) is 3.45. The van der Waals surface area contributed by atoms with Crippen LogP contribution in [0.1, 0.15) is 25.7 Å². The Hall–Kier alpha value is -2.98. The molecule has 2 atom stereocenters. The van der Waals surface area contributed by atoms with E-state index in [0.29, 0.717) is 30.3 Å². The minimum absolute atomic E-state index is 0.0239. The van der Waals surface area contributed by atoms with Gasteiger partial charge < -0.3 is 10.1 Å². The van der Waals surface area contributed by atoms with Crippen LogP contribution in [0.15, 0.2) is 53.7 Å². The van der Waals surface area contributed by atoms with Crippen LogP contribution in [0.4, 0.5) is 11.4 Å². The Kier molecular flexibility index (Phi) is 4.97. The predicted molar refractivity (Wildman–Crippen MR) is 107 cm³/mol.